The monoisotopic (exact) mass is 344 g/mol. The second-order valence-corrected chi connectivity index (χ2v) is 6.25. The van der Waals surface area contributed by atoms with Crippen molar-refractivity contribution in [3.63, 3.8) is 0 Å². The van der Waals surface area contributed by atoms with Gasteiger partial charge in [-0.15, -0.1) is 0 Å². The van der Waals surface area contributed by atoms with Crippen molar-refractivity contribution in [2.45, 2.75) is 12.8 Å². The molecule has 3 amide bonds. The van der Waals surface area contributed by atoms with Crippen molar-refractivity contribution in [1.82, 2.24) is 15.6 Å². The molecule has 0 spiro atoms. The van der Waals surface area contributed by atoms with Crippen LogP contribution in [0.5, 0.6) is 0 Å². The third-order valence-corrected chi connectivity index (χ3v) is 4.48. The molecule has 0 unspecified atom stereocenters. The van der Waals surface area contributed by atoms with Gasteiger partial charge in [0.25, 0.3) is 11.8 Å². The first kappa shape index (κ1) is 16.1. The van der Waals surface area contributed by atoms with Gasteiger partial charge in [0.1, 0.15) is 4.88 Å². The van der Waals surface area contributed by atoms with Crippen LogP contribution in [0, 0.1) is 0 Å². The molecule has 0 saturated carbocycles. The molecule has 0 aliphatic carbocycles. The predicted octanol–water partition coefficient (Wildman–Crippen LogP) is 1.19. The minimum absolute atomic E-state index is 0.155. The smallest absolute Gasteiger partial charge is 0.263 e. The molecule has 2 heterocycles. The number of hydrogen-bond donors (Lipinski definition) is 3. The lowest BCUT2D eigenvalue weighted by Crippen LogP contribution is -2.32. The van der Waals surface area contributed by atoms with Crippen molar-refractivity contribution in [3.05, 3.63) is 46.5 Å². The number of nitrogens with one attached hydrogen (secondary N) is 3. The van der Waals surface area contributed by atoms with E-state index in [1.165, 1.54) is 0 Å². The molecule has 0 bridgehead atoms. The highest BCUT2D eigenvalue weighted by molar-refractivity contribution is 7.17. The Balaban J connectivity index is 1.57. The standard InChI is InChI=1S/C16H16N4O3S/c21-12(9-18-14(22)10-5-2-1-3-6-10)20-16-19-11-7-4-8-17-15(23)13(11)24-16/h1-3,5-6H,4,7-9H2,(H,17,23)(H,18,22)(H,19,20,21). The van der Waals surface area contributed by atoms with Crippen LogP contribution in [0.4, 0.5) is 5.13 Å². The lowest BCUT2D eigenvalue weighted by Gasteiger charge is -2.05. The van der Waals surface area contributed by atoms with Crippen LogP contribution < -0.4 is 16.0 Å². The van der Waals surface area contributed by atoms with Crippen molar-refractivity contribution in [2.24, 2.45) is 0 Å². The molecule has 3 N–H and O–H groups in total. The van der Waals surface area contributed by atoms with Gasteiger partial charge in [0.2, 0.25) is 5.91 Å². The fourth-order valence-electron chi connectivity index (χ4n) is 2.31. The van der Waals surface area contributed by atoms with E-state index in [4.69, 9.17) is 0 Å². The van der Waals surface area contributed by atoms with E-state index in [1.54, 1.807) is 24.3 Å². The molecule has 1 aliphatic rings. The summed E-state index contributed by atoms with van der Waals surface area (Å²) in [6.07, 6.45) is 1.52. The van der Waals surface area contributed by atoms with Crippen molar-refractivity contribution in [2.75, 3.05) is 18.4 Å². The molecule has 2 aromatic rings. The summed E-state index contributed by atoms with van der Waals surface area (Å²) in [7, 11) is 0. The van der Waals surface area contributed by atoms with Crippen LogP contribution >= 0.6 is 11.3 Å². The van der Waals surface area contributed by atoms with Gasteiger partial charge in [0.05, 0.1) is 12.2 Å². The summed E-state index contributed by atoms with van der Waals surface area (Å²) in [5, 5.41) is 8.33. The Morgan fingerprint density at radius 1 is 1.25 bits per heavy atom. The first-order valence-corrected chi connectivity index (χ1v) is 8.36. The average molecular weight is 344 g/mol. The zero-order chi connectivity index (χ0) is 16.9. The number of rotatable bonds is 4. The second kappa shape index (κ2) is 7.22. The van der Waals surface area contributed by atoms with Crippen molar-refractivity contribution in [3.8, 4) is 0 Å². The van der Waals surface area contributed by atoms with Crippen LogP contribution in [0.1, 0.15) is 32.1 Å². The van der Waals surface area contributed by atoms with Gasteiger partial charge in [-0.05, 0) is 25.0 Å². The minimum atomic E-state index is -0.386. The number of benzene rings is 1. The number of fused-ring (bicyclic) bond motifs is 1. The first-order valence-electron chi connectivity index (χ1n) is 7.54. The van der Waals surface area contributed by atoms with Crippen LogP contribution in [-0.2, 0) is 11.2 Å². The maximum absolute atomic E-state index is 12.0. The number of aryl methyl sites for hydroxylation is 1. The fraction of sp³-hybridized carbons (Fsp3) is 0.250. The zero-order valence-electron chi connectivity index (χ0n) is 12.8. The molecule has 1 aliphatic heterocycles. The van der Waals surface area contributed by atoms with Gasteiger partial charge in [-0.25, -0.2) is 4.98 Å². The van der Waals surface area contributed by atoms with Crippen LogP contribution in [0.15, 0.2) is 30.3 Å². The molecule has 1 aromatic heterocycles. The highest BCUT2D eigenvalue weighted by Gasteiger charge is 2.21. The van der Waals surface area contributed by atoms with Gasteiger partial charge < -0.3 is 16.0 Å². The summed E-state index contributed by atoms with van der Waals surface area (Å²) >= 11 is 1.15. The van der Waals surface area contributed by atoms with Gasteiger partial charge in [-0.2, -0.15) is 0 Å². The SMILES string of the molecule is O=C(CNC(=O)c1ccccc1)Nc1nc2c(s1)C(=O)NCCC2. The minimum Gasteiger partial charge on any atom is -0.351 e. The van der Waals surface area contributed by atoms with Crippen LogP contribution in [0.2, 0.25) is 0 Å². The topological polar surface area (TPSA) is 100 Å². The molecular weight excluding hydrogens is 328 g/mol. The Labute approximate surface area is 142 Å². The molecule has 8 heteroatoms. The molecule has 7 nitrogen and oxygen atoms in total. The quantitative estimate of drug-likeness (QED) is 0.775. The van der Waals surface area contributed by atoms with Gasteiger partial charge in [0, 0.05) is 12.1 Å². The second-order valence-electron chi connectivity index (χ2n) is 5.25. The van der Waals surface area contributed by atoms with Crippen molar-refractivity contribution < 1.29 is 14.4 Å². The van der Waals surface area contributed by atoms with E-state index in [9.17, 15) is 14.4 Å². The third kappa shape index (κ3) is 3.77. The molecule has 24 heavy (non-hydrogen) atoms. The number of anilines is 1. The lowest BCUT2D eigenvalue weighted by atomic mass is 10.2. The van der Waals surface area contributed by atoms with E-state index >= 15 is 0 Å². The largest absolute Gasteiger partial charge is 0.351 e. The average Bonchev–Trinajstić information content (AvgIpc) is 2.92. The number of amides is 3. The first-order chi connectivity index (χ1) is 11.6. The number of nitrogens with zero attached hydrogens (tertiary/aromatic N) is 1. The van der Waals surface area contributed by atoms with E-state index in [1.807, 2.05) is 6.07 Å². The molecule has 3 rings (SSSR count). The van der Waals surface area contributed by atoms with Gasteiger partial charge >= 0.3 is 0 Å². The molecule has 0 atom stereocenters. The molecule has 0 fully saturated rings. The summed E-state index contributed by atoms with van der Waals surface area (Å²) in [4.78, 5) is 40.5. The molecule has 0 radical (unpaired) electrons. The molecule has 1 aromatic carbocycles. The maximum atomic E-state index is 12.0. The molecule has 124 valence electrons. The lowest BCUT2D eigenvalue weighted by molar-refractivity contribution is -0.115. The number of carbonyl (C=O) groups excluding carboxylic acids is 3. The summed E-state index contributed by atoms with van der Waals surface area (Å²) in [6, 6.07) is 8.66. The third-order valence-electron chi connectivity index (χ3n) is 3.47. The maximum Gasteiger partial charge on any atom is 0.263 e. The van der Waals surface area contributed by atoms with Gasteiger partial charge in [-0.1, -0.05) is 29.5 Å². The highest BCUT2D eigenvalue weighted by atomic mass is 32.1. The summed E-state index contributed by atoms with van der Waals surface area (Å²) in [5.41, 5.74) is 1.20. The Bertz CT molecular complexity index is 773. The van der Waals surface area contributed by atoms with Crippen molar-refractivity contribution >= 4 is 34.2 Å². The van der Waals surface area contributed by atoms with E-state index in [0.717, 1.165) is 17.8 Å². The van der Waals surface area contributed by atoms with E-state index < -0.39 is 0 Å². The predicted molar refractivity (Wildman–Crippen MR) is 90.2 cm³/mol. The number of thiazole rings is 1. The normalized spacial score (nSPS) is 13.4. The highest BCUT2D eigenvalue weighted by Crippen LogP contribution is 2.25. The van der Waals surface area contributed by atoms with Crippen LogP contribution in [-0.4, -0.2) is 35.8 Å². The van der Waals surface area contributed by atoms with Crippen LogP contribution in [0.25, 0.3) is 0 Å². The Morgan fingerprint density at radius 2 is 2.04 bits per heavy atom. The summed E-state index contributed by atoms with van der Waals surface area (Å²) < 4.78 is 0. The number of carbonyl (C=O) groups is 3. The van der Waals surface area contributed by atoms with E-state index in [0.29, 0.717) is 34.2 Å². The molecule has 0 saturated heterocycles. The number of hydrogen-bond acceptors (Lipinski definition) is 5. The van der Waals surface area contributed by atoms with E-state index in [2.05, 4.69) is 20.9 Å². The van der Waals surface area contributed by atoms with Crippen molar-refractivity contribution in [1.29, 1.82) is 0 Å². The fourth-order valence-corrected chi connectivity index (χ4v) is 3.25. The molecular formula is C16H16N4O3S. The van der Waals surface area contributed by atoms with Gasteiger partial charge in [0.15, 0.2) is 5.13 Å². The Morgan fingerprint density at radius 3 is 2.83 bits per heavy atom. The van der Waals surface area contributed by atoms with Crippen LogP contribution in [0.3, 0.4) is 0 Å². The Hall–Kier alpha value is -2.74. The van der Waals surface area contributed by atoms with E-state index in [-0.39, 0.29) is 24.3 Å². The van der Waals surface area contributed by atoms with Gasteiger partial charge in [-0.3, -0.25) is 14.4 Å². The summed E-state index contributed by atoms with van der Waals surface area (Å²) in [6.45, 7) is 0.472. The zero-order valence-corrected chi connectivity index (χ0v) is 13.6. The Kier molecular flexibility index (Phi) is 4.85. The summed E-state index contributed by atoms with van der Waals surface area (Å²) in [5.74, 6) is -0.860. The number of aromatic nitrogens is 1.